The Balaban J connectivity index is 1.62. The van der Waals surface area contributed by atoms with Gasteiger partial charge in [0.25, 0.3) is 5.91 Å². The van der Waals surface area contributed by atoms with Crippen LogP contribution in [0.1, 0.15) is 67.4 Å². The van der Waals surface area contributed by atoms with E-state index in [9.17, 15) is 9.00 Å². The number of anilines is 1. The standard InChI is InChI=1S/C32H40ClN2O4S/c1-21-7-6-9-30(38-3)28-14-11-26(28)20-35-19-25-10-13-27(33)17-23(25)8-4-5-16-39-31-15-12-24(18-29(31)35)32(36)34-40(37)22(21)2/h6,9-10,12-13,15,17-18,21-22,26,28,30H,4-5,7-8,11,14,16,19-20H2,1-3H3/q-1. The zero-order chi connectivity index (χ0) is 28.2. The maximum absolute atomic E-state index is 13.3. The minimum Gasteiger partial charge on any atom is -0.491 e. The molecule has 2 aromatic rings. The summed E-state index contributed by atoms with van der Waals surface area (Å²) in [5, 5.41) is 0.501. The van der Waals surface area contributed by atoms with E-state index < -0.39 is 16.5 Å². The first-order valence-corrected chi connectivity index (χ1v) is 16.0. The molecular weight excluding hydrogens is 544 g/mol. The van der Waals surface area contributed by atoms with Gasteiger partial charge < -0.3 is 22.9 Å². The van der Waals surface area contributed by atoms with Gasteiger partial charge in [-0.1, -0.05) is 54.8 Å². The summed E-state index contributed by atoms with van der Waals surface area (Å²) >= 11 is 6.41. The smallest absolute Gasteiger partial charge is 0.254 e. The highest BCUT2D eigenvalue weighted by Gasteiger charge is 2.38. The van der Waals surface area contributed by atoms with E-state index in [1.54, 1.807) is 13.2 Å². The molecule has 2 aliphatic heterocycles. The van der Waals surface area contributed by atoms with Gasteiger partial charge in [0.05, 0.1) is 18.4 Å². The first-order valence-electron chi connectivity index (χ1n) is 14.5. The molecule has 40 heavy (non-hydrogen) atoms. The summed E-state index contributed by atoms with van der Waals surface area (Å²) in [7, 11) is 0.155. The molecule has 5 unspecified atom stereocenters. The normalized spacial score (nSPS) is 28.2. The summed E-state index contributed by atoms with van der Waals surface area (Å²) in [4.78, 5) is 15.6. The largest absolute Gasteiger partial charge is 0.491 e. The van der Waals surface area contributed by atoms with Gasteiger partial charge in [-0.3, -0.25) is 4.79 Å². The van der Waals surface area contributed by atoms with Crippen LogP contribution in [0.15, 0.2) is 52.9 Å². The highest BCUT2D eigenvalue weighted by Crippen LogP contribution is 2.42. The van der Waals surface area contributed by atoms with Crippen molar-refractivity contribution in [1.82, 2.24) is 0 Å². The fraction of sp³-hybridized carbons (Fsp3) is 0.531. The molecule has 0 aromatic heterocycles. The Morgan fingerprint density at radius 2 is 1.95 bits per heavy atom. The van der Waals surface area contributed by atoms with Gasteiger partial charge in [0.15, 0.2) is 0 Å². The molecule has 0 saturated heterocycles. The first-order chi connectivity index (χ1) is 19.3. The molecule has 1 fully saturated rings. The number of rotatable bonds is 1. The van der Waals surface area contributed by atoms with Crippen LogP contribution in [0.25, 0.3) is 0 Å². The minimum atomic E-state index is -1.63. The maximum atomic E-state index is 13.3. The average molecular weight is 584 g/mol. The van der Waals surface area contributed by atoms with Crippen molar-refractivity contribution in [3.63, 3.8) is 0 Å². The number of benzene rings is 2. The monoisotopic (exact) mass is 583 g/mol. The second kappa shape index (κ2) is 13.1. The second-order valence-corrected chi connectivity index (χ2v) is 13.4. The third-order valence-corrected chi connectivity index (χ3v) is 10.6. The fourth-order valence-electron chi connectivity index (χ4n) is 6.02. The van der Waals surface area contributed by atoms with Crippen LogP contribution in [-0.2, 0) is 32.5 Å². The summed E-state index contributed by atoms with van der Waals surface area (Å²) in [6.07, 6.45) is 10.2. The van der Waals surface area contributed by atoms with Crippen LogP contribution in [-0.4, -0.2) is 37.5 Å². The second-order valence-electron chi connectivity index (χ2n) is 11.5. The van der Waals surface area contributed by atoms with Crippen LogP contribution in [0.2, 0.25) is 5.02 Å². The molecule has 0 radical (unpaired) electrons. The van der Waals surface area contributed by atoms with Crippen LogP contribution < -0.4 is 9.64 Å². The fourth-order valence-corrected chi connectivity index (χ4v) is 7.16. The van der Waals surface area contributed by atoms with E-state index in [1.165, 1.54) is 11.1 Å². The Bertz CT molecular complexity index is 1340. The molecule has 6 nitrogen and oxygen atoms in total. The molecule has 0 spiro atoms. The van der Waals surface area contributed by atoms with Crippen LogP contribution in [0.3, 0.4) is 0 Å². The summed E-state index contributed by atoms with van der Waals surface area (Å²) in [6.45, 7) is 6.04. The molecule has 5 atom stereocenters. The summed E-state index contributed by atoms with van der Waals surface area (Å²) in [5.74, 6) is 1.26. The van der Waals surface area contributed by atoms with Gasteiger partial charge in [-0.15, -0.1) is 0 Å². The number of hydrogen-bond acceptors (Lipinski definition) is 6. The third kappa shape index (κ3) is 6.58. The molecule has 2 bridgehead atoms. The van der Waals surface area contributed by atoms with Crippen molar-refractivity contribution in [1.29, 1.82) is 0 Å². The zero-order valence-electron chi connectivity index (χ0n) is 23.7. The molecule has 0 N–H and O–H groups in total. The number of carbonyl (C=O) groups is 1. The molecule has 5 rings (SSSR count). The van der Waals surface area contributed by atoms with Crippen LogP contribution in [0.5, 0.6) is 5.75 Å². The molecule has 2 heterocycles. The summed E-state index contributed by atoms with van der Waals surface area (Å²) in [6, 6.07) is 11.7. The lowest BCUT2D eigenvalue weighted by atomic mass is 9.70. The van der Waals surface area contributed by atoms with Gasteiger partial charge in [0, 0.05) is 30.8 Å². The number of aryl methyl sites for hydroxylation is 1. The van der Waals surface area contributed by atoms with Gasteiger partial charge >= 0.3 is 0 Å². The quantitative estimate of drug-likeness (QED) is 0.259. The number of nitrogens with zero attached hydrogens (tertiary/aromatic N) is 2. The molecule has 8 heteroatoms. The van der Waals surface area contributed by atoms with E-state index in [-0.39, 0.29) is 17.3 Å². The summed E-state index contributed by atoms with van der Waals surface area (Å²) in [5.41, 5.74) is 3.79. The lowest BCUT2D eigenvalue weighted by molar-refractivity contribution is 0.0133. The van der Waals surface area contributed by atoms with Crippen molar-refractivity contribution in [2.45, 2.75) is 70.3 Å². The van der Waals surface area contributed by atoms with E-state index in [0.717, 1.165) is 61.5 Å². The Labute approximate surface area is 245 Å². The van der Waals surface area contributed by atoms with Crippen molar-refractivity contribution in [2.75, 3.05) is 25.2 Å². The number of fused-ring (bicyclic) bond motifs is 3. The van der Waals surface area contributed by atoms with Gasteiger partial charge in [0.2, 0.25) is 0 Å². The van der Waals surface area contributed by atoms with E-state index in [0.29, 0.717) is 30.6 Å². The molecule has 3 aliphatic rings. The van der Waals surface area contributed by atoms with Crippen LogP contribution >= 0.6 is 11.6 Å². The number of allylic oxidation sites excluding steroid dienone is 1. The van der Waals surface area contributed by atoms with Crippen LogP contribution in [0, 0.1) is 17.8 Å². The highest BCUT2D eigenvalue weighted by atomic mass is 35.5. The molecule has 216 valence electrons. The molecule has 1 aliphatic carbocycles. The Hall–Kier alpha value is -2.35. The van der Waals surface area contributed by atoms with Gasteiger partial charge in [-0.25, -0.2) is 0 Å². The SMILES string of the molecule is COC1C=CCC(C)C(C)[S-](=O)=NC(=O)c2ccc3c(c2)N(Cc2ccc(Cl)cc2CCCCO3)CC2CCC21. The number of amides is 1. The highest BCUT2D eigenvalue weighted by molar-refractivity contribution is 7.75. The van der Waals surface area contributed by atoms with E-state index in [1.807, 2.05) is 25.1 Å². The van der Waals surface area contributed by atoms with Crippen molar-refractivity contribution in [3.8, 4) is 5.75 Å². The molecule has 2 aromatic carbocycles. The molecule has 1 amide bonds. The number of carbonyl (C=O) groups excluding carboxylic acids is 1. The Morgan fingerprint density at radius 3 is 2.73 bits per heavy atom. The van der Waals surface area contributed by atoms with Gasteiger partial charge in [-0.05, 0) is 91.8 Å². The lowest BCUT2D eigenvalue weighted by Gasteiger charge is -2.43. The van der Waals surface area contributed by atoms with Crippen molar-refractivity contribution in [2.24, 2.45) is 22.1 Å². The van der Waals surface area contributed by atoms with Crippen molar-refractivity contribution < 1.29 is 18.5 Å². The van der Waals surface area contributed by atoms with Crippen molar-refractivity contribution >= 4 is 33.8 Å². The minimum absolute atomic E-state index is 0.0306. The van der Waals surface area contributed by atoms with E-state index >= 15 is 0 Å². The number of halogens is 1. The third-order valence-electron chi connectivity index (χ3n) is 8.93. The number of hydrogen-bond donors (Lipinski definition) is 0. The van der Waals surface area contributed by atoms with E-state index in [2.05, 4.69) is 40.5 Å². The molecular formula is C32H40ClN2O4S-. The molecule has 1 saturated carbocycles. The van der Waals surface area contributed by atoms with Crippen molar-refractivity contribution in [3.05, 3.63) is 70.3 Å². The predicted molar refractivity (Wildman–Crippen MR) is 162 cm³/mol. The average Bonchev–Trinajstić information content (AvgIpc) is 2.96. The first kappa shape index (κ1) is 29.2. The predicted octanol–water partition coefficient (Wildman–Crippen LogP) is 7.38. The Morgan fingerprint density at radius 1 is 1.10 bits per heavy atom. The Kier molecular flexibility index (Phi) is 9.54. The number of ether oxygens (including phenoxy) is 2. The maximum Gasteiger partial charge on any atom is 0.254 e. The van der Waals surface area contributed by atoms with E-state index in [4.69, 9.17) is 21.1 Å². The lowest BCUT2D eigenvalue weighted by Crippen LogP contribution is -2.43. The van der Waals surface area contributed by atoms with Gasteiger partial charge in [0.1, 0.15) is 5.75 Å². The van der Waals surface area contributed by atoms with Gasteiger partial charge in [-0.2, -0.15) is 10.6 Å². The summed E-state index contributed by atoms with van der Waals surface area (Å²) < 4.78 is 29.5. The number of methoxy groups -OCH3 is 1. The zero-order valence-corrected chi connectivity index (χ0v) is 25.3. The topological polar surface area (TPSA) is 68.2 Å². The van der Waals surface area contributed by atoms with Crippen LogP contribution in [0.4, 0.5) is 5.69 Å².